The topological polar surface area (TPSA) is 119 Å². The molecule has 1 heterocycles. The van der Waals surface area contributed by atoms with Crippen molar-refractivity contribution in [2.24, 2.45) is 0 Å². The molecule has 0 unspecified atom stereocenters. The van der Waals surface area contributed by atoms with Crippen molar-refractivity contribution in [2.45, 2.75) is 29.1 Å². The van der Waals surface area contributed by atoms with E-state index in [1.165, 1.54) is 43.1 Å². The van der Waals surface area contributed by atoms with Gasteiger partial charge in [-0.05, 0) is 49.8 Å². The largest absolute Gasteiger partial charge is 0.495 e. The lowest BCUT2D eigenvalue weighted by molar-refractivity contribution is -0.384. The fourth-order valence-electron chi connectivity index (χ4n) is 3.38. The Labute approximate surface area is 185 Å². The van der Waals surface area contributed by atoms with Crippen molar-refractivity contribution >= 4 is 39.1 Å². The maximum Gasteiger partial charge on any atom is 0.271 e. The second kappa shape index (κ2) is 9.56. The number of nitro benzene ring substituents is 1. The standard InChI is InChI=1S/C20H23N3O6S2/c1-29-18-8-6-14(23(25)26)12-17(18)21-31(27,28)15-7-9-19(30-2)16(13-15)20(24)22-10-4-3-5-11-22/h6-9,12-13,21H,3-5,10-11H2,1-2H3. The number of ether oxygens (including phenoxy) is 1. The van der Waals surface area contributed by atoms with E-state index in [2.05, 4.69) is 4.72 Å². The Morgan fingerprint density at radius 3 is 2.48 bits per heavy atom. The van der Waals surface area contributed by atoms with Crippen molar-refractivity contribution in [2.75, 3.05) is 31.2 Å². The van der Waals surface area contributed by atoms with Gasteiger partial charge in [0.25, 0.3) is 21.6 Å². The van der Waals surface area contributed by atoms with Crippen molar-refractivity contribution in [3.63, 3.8) is 0 Å². The first-order chi connectivity index (χ1) is 14.8. The number of rotatable bonds is 7. The number of anilines is 1. The van der Waals surface area contributed by atoms with E-state index in [-0.39, 0.29) is 27.9 Å². The minimum Gasteiger partial charge on any atom is -0.495 e. The van der Waals surface area contributed by atoms with Crippen molar-refractivity contribution in [3.8, 4) is 5.75 Å². The number of carbonyl (C=O) groups is 1. The van der Waals surface area contributed by atoms with E-state index >= 15 is 0 Å². The maximum absolute atomic E-state index is 13.0. The van der Waals surface area contributed by atoms with Gasteiger partial charge in [0.2, 0.25) is 0 Å². The van der Waals surface area contributed by atoms with Gasteiger partial charge >= 0.3 is 0 Å². The van der Waals surface area contributed by atoms with Gasteiger partial charge in [0, 0.05) is 30.1 Å². The van der Waals surface area contributed by atoms with Crippen LogP contribution in [-0.4, -0.2) is 50.6 Å². The smallest absolute Gasteiger partial charge is 0.271 e. The molecule has 1 aliphatic rings. The highest BCUT2D eigenvalue weighted by Crippen LogP contribution is 2.32. The molecule has 0 radical (unpaired) electrons. The maximum atomic E-state index is 13.0. The van der Waals surface area contributed by atoms with E-state index in [0.717, 1.165) is 25.3 Å². The summed E-state index contributed by atoms with van der Waals surface area (Å²) in [5.74, 6) is -0.0615. The van der Waals surface area contributed by atoms with Crippen LogP contribution in [0, 0.1) is 10.1 Å². The molecule has 0 saturated carbocycles. The summed E-state index contributed by atoms with van der Waals surface area (Å²) in [5.41, 5.74) is -0.0185. The number of thioether (sulfide) groups is 1. The normalized spacial score (nSPS) is 14.2. The van der Waals surface area contributed by atoms with Gasteiger partial charge in [-0.25, -0.2) is 8.42 Å². The number of benzene rings is 2. The van der Waals surface area contributed by atoms with E-state index in [1.807, 2.05) is 6.26 Å². The molecule has 0 aromatic heterocycles. The predicted octanol–water partition coefficient (Wildman–Crippen LogP) is 3.75. The highest BCUT2D eigenvalue weighted by Gasteiger charge is 2.25. The molecule has 1 saturated heterocycles. The van der Waals surface area contributed by atoms with Crippen LogP contribution in [0.25, 0.3) is 0 Å². The molecule has 1 aliphatic heterocycles. The van der Waals surface area contributed by atoms with Gasteiger partial charge in [-0.2, -0.15) is 0 Å². The summed E-state index contributed by atoms with van der Waals surface area (Å²) in [5, 5.41) is 11.1. The number of nitro groups is 1. The number of amides is 1. The minimum absolute atomic E-state index is 0.0606. The Morgan fingerprint density at radius 1 is 1.16 bits per heavy atom. The van der Waals surface area contributed by atoms with Crippen molar-refractivity contribution in [1.29, 1.82) is 0 Å². The predicted molar refractivity (Wildman–Crippen MR) is 118 cm³/mol. The number of carbonyl (C=O) groups excluding carboxylic acids is 1. The second-order valence-electron chi connectivity index (χ2n) is 6.96. The van der Waals surface area contributed by atoms with E-state index in [9.17, 15) is 23.3 Å². The quantitative estimate of drug-likeness (QED) is 0.376. The molecule has 0 atom stereocenters. The monoisotopic (exact) mass is 465 g/mol. The van der Waals surface area contributed by atoms with Crippen LogP contribution in [0.5, 0.6) is 5.75 Å². The van der Waals surface area contributed by atoms with Crippen LogP contribution in [-0.2, 0) is 10.0 Å². The van der Waals surface area contributed by atoms with Gasteiger partial charge in [-0.15, -0.1) is 11.8 Å². The number of non-ortho nitro benzene ring substituents is 1. The number of likely N-dealkylation sites (tertiary alicyclic amines) is 1. The first-order valence-corrected chi connectivity index (χ1v) is 12.3. The molecule has 166 valence electrons. The third kappa shape index (κ3) is 5.10. The number of methoxy groups -OCH3 is 1. The molecule has 11 heteroatoms. The molecule has 0 spiro atoms. The SMILES string of the molecule is COc1ccc([N+](=O)[O-])cc1NS(=O)(=O)c1ccc(SC)c(C(=O)N2CCCCC2)c1. The van der Waals surface area contributed by atoms with Crippen LogP contribution in [0.15, 0.2) is 46.2 Å². The van der Waals surface area contributed by atoms with Gasteiger partial charge in [0.15, 0.2) is 0 Å². The summed E-state index contributed by atoms with van der Waals surface area (Å²) >= 11 is 1.36. The molecular formula is C20H23N3O6S2. The number of piperidine rings is 1. The van der Waals surface area contributed by atoms with Gasteiger partial charge in [-0.3, -0.25) is 19.6 Å². The first kappa shape index (κ1) is 22.9. The number of nitrogens with zero attached hydrogens (tertiary/aromatic N) is 2. The lowest BCUT2D eigenvalue weighted by Gasteiger charge is -2.27. The average Bonchev–Trinajstić information content (AvgIpc) is 2.78. The Bertz CT molecular complexity index is 1100. The van der Waals surface area contributed by atoms with Crippen LogP contribution in [0.3, 0.4) is 0 Å². The summed E-state index contributed by atoms with van der Waals surface area (Å²) in [6, 6.07) is 7.99. The van der Waals surface area contributed by atoms with Crippen LogP contribution in [0.4, 0.5) is 11.4 Å². The molecular weight excluding hydrogens is 442 g/mol. The van der Waals surface area contributed by atoms with E-state index < -0.39 is 14.9 Å². The molecule has 1 fully saturated rings. The van der Waals surface area contributed by atoms with Crippen LogP contribution < -0.4 is 9.46 Å². The van der Waals surface area contributed by atoms with Crippen molar-refractivity contribution in [3.05, 3.63) is 52.1 Å². The van der Waals surface area contributed by atoms with Crippen molar-refractivity contribution < 1.29 is 22.9 Å². The van der Waals surface area contributed by atoms with Gasteiger partial charge < -0.3 is 9.64 Å². The third-order valence-electron chi connectivity index (χ3n) is 4.99. The second-order valence-corrected chi connectivity index (χ2v) is 9.49. The molecule has 2 aromatic rings. The zero-order valence-electron chi connectivity index (χ0n) is 17.2. The summed E-state index contributed by atoms with van der Waals surface area (Å²) < 4.78 is 33.5. The van der Waals surface area contributed by atoms with Gasteiger partial charge in [0.05, 0.1) is 28.2 Å². The molecule has 0 bridgehead atoms. The van der Waals surface area contributed by atoms with E-state index in [1.54, 1.807) is 11.0 Å². The molecule has 2 aromatic carbocycles. The lowest BCUT2D eigenvalue weighted by Crippen LogP contribution is -2.36. The molecule has 0 aliphatic carbocycles. The lowest BCUT2D eigenvalue weighted by atomic mass is 10.1. The average molecular weight is 466 g/mol. The molecule has 3 rings (SSSR count). The summed E-state index contributed by atoms with van der Waals surface area (Å²) in [7, 11) is -2.80. The highest BCUT2D eigenvalue weighted by molar-refractivity contribution is 7.98. The number of hydrogen-bond acceptors (Lipinski definition) is 7. The molecule has 9 nitrogen and oxygen atoms in total. The summed E-state index contributed by atoms with van der Waals surface area (Å²) in [4.78, 5) is 25.8. The molecule has 31 heavy (non-hydrogen) atoms. The van der Waals surface area contributed by atoms with E-state index in [0.29, 0.717) is 23.5 Å². The molecule has 1 amide bonds. The minimum atomic E-state index is -4.13. The summed E-state index contributed by atoms with van der Waals surface area (Å²) in [6.45, 7) is 1.29. The van der Waals surface area contributed by atoms with Crippen LogP contribution in [0.2, 0.25) is 0 Å². The fraction of sp³-hybridized carbons (Fsp3) is 0.350. The van der Waals surface area contributed by atoms with Crippen LogP contribution in [0.1, 0.15) is 29.6 Å². The molecule has 1 N–H and O–H groups in total. The number of nitrogens with one attached hydrogen (secondary N) is 1. The van der Waals surface area contributed by atoms with Gasteiger partial charge in [0.1, 0.15) is 5.75 Å². The third-order valence-corrected chi connectivity index (χ3v) is 7.15. The Kier molecular flexibility index (Phi) is 7.06. The fourth-order valence-corrected chi connectivity index (χ4v) is 5.04. The number of sulfonamides is 1. The van der Waals surface area contributed by atoms with Crippen LogP contribution >= 0.6 is 11.8 Å². The zero-order chi connectivity index (χ0) is 22.6. The highest BCUT2D eigenvalue weighted by atomic mass is 32.2. The number of hydrogen-bond donors (Lipinski definition) is 1. The zero-order valence-corrected chi connectivity index (χ0v) is 18.8. The van der Waals surface area contributed by atoms with Crippen molar-refractivity contribution in [1.82, 2.24) is 4.90 Å². The Hall–Kier alpha value is -2.79. The van der Waals surface area contributed by atoms with E-state index in [4.69, 9.17) is 4.74 Å². The van der Waals surface area contributed by atoms with Gasteiger partial charge in [-0.1, -0.05) is 0 Å². The summed E-state index contributed by atoms with van der Waals surface area (Å²) in [6.07, 6.45) is 4.74. The first-order valence-electron chi connectivity index (χ1n) is 9.59. The Morgan fingerprint density at radius 2 is 1.87 bits per heavy atom. The Balaban J connectivity index is 1.97.